The van der Waals surface area contributed by atoms with Crippen molar-refractivity contribution < 1.29 is 14.3 Å². The molecule has 6 nitrogen and oxygen atoms in total. The highest BCUT2D eigenvalue weighted by molar-refractivity contribution is 6.02. The van der Waals surface area contributed by atoms with E-state index in [1.807, 2.05) is 54.7 Å². The zero-order chi connectivity index (χ0) is 18.8. The first-order valence-corrected chi connectivity index (χ1v) is 8.92. The minimum Gasteiger partial charge on any atom is -0.383 e. The fraction of sp³-hybridized carbons (Fsp3) is 0.238. The highest BCUT2D eigenvalue weighted by Gasteiger charge is 2.39. The van der Waals surface area contributed by atoms with Gasteiger partial charge in [0.15, 0.2) is 0 Å². The Kier molecular flexibility index (Phi) is 4.64. The van der Waals surface area contributed by atoms with Crippen molar-refractivity contribution in [2.75, 3.05) is 26.8 Å². The van der Waals surface area contributed by atoms with Crippen LogP contribution in [0.3, 0.4) is 0 Å². The second kappa shape index (κ2) is 7.25. The molecule has 0 fully saturated rings. The molecule has 2 heterocycles. The lowest BCUT2D eigenvalue weighted by molar-refractivity contribution is -0.122. The zero-order valence-electron chi connectivity index (χ0n) is 15.1. The summed E-state index contributed by atoms with van der Waals surface area (Å²) in [5.74, 6) is -0.319. The molecule has 6 heteroatoms. The summed E-state index contributed by atoms with van der Waals surface area (Å²) >= 11 is 0. The summed E-state index contributed by atoms with van der Waals surface area (Å²) in [5, 5.41) is 3.85. The van der Waals surface area contributed by atoms with Gasteiger partial charge >= 0.3 is 0 Å². The van der Waals surface area contributed by atoms with E-state index in [0.29, 0.717) is 18.7 Å². The van der Waals surface area contributed by atoms with Crippen LogP contribution in [0.5, 0.6) is 0 Å². The van der Waals surface area contributed by atoms with Gasteiger partial charge in [0.1, 0.15) is 6.54 Å². The predicted molar refractivity (Wildman–Crippen MR) is 103 cm³/mol. The van der Waals surface area contributed by atoms with Crippen LogP contribution in [0.4, 0.5) is 0 Å². The quantitative estimate of drug-likeness (QED) is 0.661. The van der Waals surface area contributed by atoms with Crippen molar-refractivity contribution in [3.63, 3.8) is 0 Å². The minimum atomic E-state index is -0.293. The molecule has 0 bridgehead atoms. The number of carbonyl (C=O) groups excluding carboxylic acids is 2. The number of benzene rings is 2. The molecule has 4 rings (SSSR count). The number of fused-ring (bicyclic) bond motifs is 2. The second-order valence-electron chi connectivity index (χ2n) is 6.56. The fourth-order valence-electron chi connectivity index (χ4n) is 3.69. The topological polar surface area (TPSA) is 74.4 Å². The molecule has 1 atom stereocenters. The highest BCUT2D eigenvalue weighted by Crippen LogP contribution is 2.40. The maximum Gasteiger partial charge on any atom is 0.255 e. The number of nitrogens with one attached hydrogen (secondary N) is 2. The van der Waals surface area contributed by atoms with Crippen molar-refractivity contribution in [2.45, 2.75) is 6.04 Å². The third-order valence-electron chi connectivity index (χ3n) is 4.92. The van der Waals surface area contributed by atoms with Gasteiger partial charge in [-0.2, -0.15) is 0 Å². The number of H-pyrrole nitrogens is 1. The molecule has 1 aliphatic heterocycles. The number of rotatable bonds is 6. The number of ether oxygens (including phenoxy) is 1. The summed E-state index contributed by atoms with van der Waals surface area (Å²) in [6, 6.07) is 15.2. The van der Waals surface area contributed by atoms with E-state index in [1.54, 1.807) is 12.0 Å². The standard InChI is InChI=1S/C21H21N3O3/c1-27-11-10-22-19(25)13-24-20(15-7-2-3-8-16(15)21(24)26)17-12-23-18-9-5-4-6-14(17)18/h2-9,12,20,23H,10-11,13H2,1H3,(H,22,25). The summed E-state index contributed by atoms with van der Waals surface area (Å²) in [7, 11) is 1.58. The van der Waals surface area contributed by atoms with Crippen molar-refractivity contribution in [1.82, 2.24) is 15.2 Å². The summed E-state index contributed by atoms with van der Waals surface area (Å²) in [6.07, 6.45) is 1.93. The Labute approximate surface area is 157 Å². The van der Waals surface area contributed by atoms with E-state index < -0.39 is 0 Å². The SMILES string of the molecule is COCCNC(=O)CN1C(=O)c2ccccc2C1c1c[nH]c2ccccc12. The number of aromatic amines is 1. The van der Waals surface area contributed by atoms with E-state index in [-0.39, 0.29) is 24.4 Å². The monoisotopic (exact) mass is 363 g/mol. The molecule has 0 aliphatic carbocycles. The number of amides is 2. The molecule has 1 aliphatic rings. The van der Waals surface area contributed by atoms with Crippen LogP contribution >= 0.6 is 0 Å². The third-order valence-corrected chi connectivity index (χ3v) is 4.92. The van der Waals surface area contributed by atoms with Crippen molar-refractivity contribution >= 4 is 22.7 Å². The Morgan fingerprint density at radius 3 is 2.78 bits per heavy atom. The lowest BCUT2D eigenvalue weighted by atomic mass is 9.97. The molecular formula is C21H21N3O3. The number of nitrogens with zero attached hydrogens (tertiary/aromatic N) is 1. The Balaban J connectivity index is 1.71. The number of hydrogen-bond acceptors (Lipinski definition) is 3. The number of para-hydroxylation sites is 1. The molecule has 1 unspecified atom stereocenters. The zero-order valence-corrected chi connectivity index (χ0v) is 15.1. The van der Waals surface area contributed by atoms with Crippen LogP contribution in [0.1, 0.15) is 27.5 Å². The number of methoxy groups -OCH3 is 1. The molecular weight excluding hydrogens is 342 g/mol. The summed E-state index contributed by atoms with van der Waals surface area (Å²) in [4.78, 5) is 30.3. The molecule has 0 radical (unpaired) electrons. The molecule has 0 saturated carbocycles. The van der Waals surface area contributed by atoms with Crippen LogP contribution in [0.25, 0.3) is 10.9 Å². The summed E-state index contributed by atoms with van der Waals surface area (Å²) < 4.78 is 4.96. The Bertz CT molecular complexity index is 995. The molecule has 3 aromatic rings. The van der Waals surface area contributed by atoms with Crippen LogP contribution < -0.4 is 5.32 Å². The van der Waals surface area contributed by atoms with E-state index in [2.05, 4.69) is 10.3 Å². The molecule has 0 saturated heterocycles. The first kappa shape index (κ1) is 17.3. The lowest BCUT2D eigenvalue weighted by Gasteiger charge is -2.25. The van der Waals surface area contributed by atoms with Crippen molar-refractivity contribution in [1.29, 1.82) is 0 Å². The second-order valence-corrected chi connectivity index (χ2v) is 6.56. The highest BCUT2D eigenvalue weighted by atomic mass is 16.5. The van der Waals surface area contributed by atoms with Gasteiger partial charge in [-0.05, 0) is 17.7 Å². The van der Waals surface area contributed by atoms with Crippen LogP contribution in [0.15, 0.2) is 54.7 Å². The lowest BCUT2D eigenvalue weighted by Crippen LogP contribution is -2.40. The Morgan fingerprint density at radius 1 is 1.15 bits per heavy atom. The van der Waals surface area contributed by atoms with Crippen LogP contribution in [0, 0.1) is 0 Å². The van der Waals surface area contributed by atoms with Crippen molar-refractivity contribution in [3.8, 4) is 0 Å². The van der Waals surface area contributed by atoms with E-state index in [9.17, 15) is 9.59 Å². The Morgan fingerprint density at radius 2 is 1.93 bits per heavy atom. The normalized spacial score (nSPS) is 16.0. The number of aromatic nitrogens is 1. The summed E-state index contributed by atoms with van der Waals surface area (Å²) in [5.41, 5.74) is 3.58. The average molecular weight is 363 g/mol. The third kappa shape index (κ3) is 3.08. The maximum atomic E-state index is 13.0. The first-order valence-electron chi connectivity index (χ1n) is 8.92. The first-order chi connectivity index (χ1) is 13.2. The largest absolute Gasteiger partial charge is 0.383 e. The van der Waals surface area contributed by atoms with Gasteiger partial charge in [0.25, 0.3) is 5.91 Å². The van der Waals surface area contributed by atoms with Gasteiger partial charge in [0, 0.05) is 41.9 Å². The van der Waals surface area contributed by atoms with E-state index >= 15 is 0 Å². The molecule has 2 N–H and O–H groups in total. The van der Waals surface area contributed by atoms with Crippen molar-refractivity contribution in [3.05, 3.63) is 71.4 Å². The predicted octanol–water partition coefficient (Wildman–Crippen LogP) is 2.48. The van der Waals surface area contributed by atoms with Gasteiger partial charge in [-0.15, -0.1) is 0 Å². The van der Waals surface area contributed by atoms with Gasteiger partial charge < -0.3 is 19.9 Å². The minimum absolute atomic E-state index is 0.00139. The molecule has 0 spiro atoms. The van der Waals surface area contributed by atoms with Gasteiger partial charge in [-0.1, -0.05) is 36.4 Å². The fourth-order valence-corrected chi connectivity index (χ4v) is 3.69. The van der Waals surface area contributed by atoms with E-state index in [1.165, 1.54) is 0 Å². The van der Waals surface area contributed by atoms with Gasteiger partial charge in [0.2, 0.25) is 5.91 Å². The molecule has 27 heavy (non-hydrogen) atoms. The van der Waals surface area contributed by atoms with Gasteiger partial charge in [-0.25, -0.2) is 0 Å². The number of carbonyl (C=O) groups is 2. The van der Waals surface area contributed by atoms with Crippen molar-refractivity contribution in [2.24, 2.45) is 0 Å². The Hall–Kier alpha value is -3.12. The van der Waals surface area contributed by atoms with Gasteiger partial charge in [-0.3, -0.25) is 9.59 Å². The van der Waals surface area contributed by atoms with E-state index in [4.69, 9.17) is 4.74 Å². The maximum absolute atomic E-state index is 13.0. The molecule has 138 valence electrons. The molecule has 2 amide bonds. The molecule has 1 aromatic heterocycles. The summed E-state index contributed by atoms with van der Waals surface area (Å²) in [6.45, 7) is 0.856. The van der Waals surface area contributed by atoms with Crippen LogP contribution in [0.2, 0.25) is 0 Å². The van der Waals surface area contributed by atoms with Crippen LogP contribution in [-0.2, 0) is 9.53 Å². The smallest absolute Gasteiger partial charge is 0.255 e. The van der Waals surface area contributed by atoms with E-state index in [0.717, 1.165) is 22.0 Å². The number of hydrogen-bond donors (Lipinski definition) is 2. The van der Waals surface area contributed by atoms with Gasteiger partial charge in [0.05, 0.1) is 12.6 Å². The molecule has 2 aromatic carbocycles. The van der Waals surface area contributed by atoms with Crippen LogP contribution in [-0.4, -0.2) is 48.5 Å². The average Bonchev–Trinajstić information content (AvgIpc) is 3.22.